The highest BCUT2D eigenvalue weighted by Gasteiger charge is 2.33. The van der Waals surface area contributed by atoms with Gasteiger partial charge in [-0.05, 0) is 41.7 Å². The Bertz CT molecular complexity index is 556. The van der Waals surface area contributed by atoms with Gasteiger partial charge >= 0.3 is 5.97 Å². The lowest BCUT2D eigenvalue weighted by Crippen LogP contribution is -2.45. The van der Waals surface area contributed by atoms with Crippen LogP contribution in [-0.4, -0.2) is 33.7 Å². The Balaban J connectivity index is 2.42. The molecule has 0 spiro atoms. The molecular weight excluding hydrogens is 281 g/mol. The summed E-state index contributed by atoms with van der Waals surface area (Å²) in [4.78, 5) is 24.7. The maximum atomic E-state index is 13.0. The number of carboxylic acids is 1. The Kier molecular flexibility index (Phi) is 4.44. The zero-order chi connectivity index (χ0) is 14.7. The van der Waals surface area contributed by atoms with Gasteiger partial charge in [0.2, 0.25) is 5.91 Å². The molecule has 4 nitrogen and oxygen atoms in total. The summed E-state index contributed by atoms with van der Waals surface area (Å²) < 4.78 is 13.0. The molecule has 106 valence electrons. The van der Waals surface area contributed by atoms with Gasteiger partial charge < -0.3 is 5.11 Å². The van der Waals surface area contributed by atoms with Crippen molar-refractivity contribution in [2.45, 2.75) is 19.4 Å². The third-order valence-electron chi connectivity index (χ3n) is 3.05. The van der Waals surface area contributed by atoms with Crippen LogP contribution in [0, 0.1) is 5.82 Å². The second-order valence-electron chi connectivity index (χ2n) is 4.35. The van der Waals surface area contributed by atoms with Gasteiger partial charge in [0.15, 0.2) is 0 Å². The molecule has 1 atom stereocenters. The van der Waals surface area contributed by atoms with Crippen LogP contribution in [0.15, 0.2) is 29.7 Å². The fraction of sp³-hybridized carbons (Fsp3) is 0.286. The number of carbonyl (C=O) groups excluding carboxylic acids is 1. The van der Waals surface area contributed by atoms with Gasteiger partial charge in [-0.25, -0.2) is 9.18 Å². The average molecular weight is 295 g/mol. The molecule has 2 rings (SSSR count). The van der Waals surface area contributed by atoms with E-state index in [4.69, 9.17) is 0 Å². The van der Waals surface area contributed by atoms with Crippen molar-refractivity contribution in [2.24, 2.45) is 0 Å². The fourth-order valence-corrected chi connectivity index (χ4v) is 2.86. The third kappa shape index (κ3) is 2.85. The summed E-state index contributed by atoms with van der Waals surface area (Å²) in [6.07, 6.45) is 0.310. The van der Waals surface area contributed by atoms with Crippen LogP contribution in [0.3, 0.4) is 0 Å². The van der Waals surface area contributed by atoms with Gasteiger partial charge in [0, 0.05) is 0 Å². The van der Waals surface area contributed by atoms with Gasteiger partial charge in [-0.2, -0.15) is 0 Å². The van der Waals surface area contributed by atoms with E-state index in [1.807, 2.05) is 0 Å². The predicted octanol–water partition coefficient (Wildman–Crippen LogP) is 2.56. The van der Waals surface area contributed by atoms with Gasteiger partial charge in [-0.1, -0.05) is 6.92 Å². The first-order valence-electron chi connectivity index (χ1n) is 6.17. The van der Waals surface area contributed by atoms with Crippen molar-refractivity contribution in [3.63, 3.8) is 0 Å². The zero-order valence-corrected chi connectivity index (χ0v) is 11.7. The second-order valence-corrected chi connectivity index (χ2v) is 5.20. The highest BCUT2D eigenvalue weighted by atomic mass is 32.2. The number of hydrogen-bond acceptors (Lipinski definition) is 3. The van der Waals surface area contributed by atoms with Crippen molar-refractivity contribution < 1.29 is 19.1 Å². The Morgan fingerprint density at radius 3 is 2.65 bits per heavy atom. The lowest BCUT2D eigenvalue weighted by Gasteiger charge is -2.33. The number of thioether (sulfide) groups is 1. The minimum Gasteiger partial charge on any atom is -0.480 e. The summed E-state index contributed by atoms with van der Waals surface area (Å²) in [5.41, 5.74) is 1.15. The maximum Gasteiger partial charge on any atom is 0.326 e. The van der Waals surface area contributed by atoms with Crippen molar-refractivity contribution in [3.05, 3.63) is 41.1 Å². The lowest BCUT2D eigenvalue weighted by atomic mass is 10.1. The first kappa shape index (κ1) is 14.6. The molecule has 1 aromatic rings. The van der Waals surface area contributed by atoms with Gasteiger partial charge in [0.1, 0.15) is 11.9 Å². The van der Waals surface area contributed by atoms with Crippen molar-refractivity contribution in [1.82, 2.24) is 4.90 Å². The van der Waals surface area contributed by atoms with Crippen molar-refractivity contribution in [2.75, 3.05) is 5.75 Å². The summed E-state index contributed by atoms with van der Waals surface area (Å²) in [7, 11) is 0. The number of rotatable bonds is 4. The molecule has 0 aromatic heterocycles. The van der Waals surface area contributed by atoms with Crippen LogP contribution in [0.4, 0.5) is 4.39 Å². The van der Waals surface area contributed by atoms with Crippen molar-refractivity contribution >= 4 is 29.3 Å². The molecule has 1 unspecified atom stereocenters. The molecular formula is C14H14FNO3S. The number of carboxylic acid groups (broad SMARTS) is 1. The average Bonchev–Trinajstić information content (AvgIpc) is 2.42. The molecule has 1 aromatic carbocycles. The summed E-state index contributed by atoms with van der Waals surface area (Å²) >= 11 is 1.31. The van der Waals surface area contributed by atoms with E-state index in [9.17, 15) is 19.1 Å². The quantitative estimate of drug-likeness (QED) is 0.927. The highest BCUT2D eigenvalue weighted by Crippen LogP contribution is 2.31. The second kappa shape index (κ2) is 6.09. The SMILES string of the molecule is CCC(C(=O)O)N1C(=O)CSC=C1c1ccc(F)cc1. The van der Waals surface area contributed by atoms with E-state index in [1.165, 1.54) is 28.8 Å². The van der Waals surface area contributed by atoms with E-state index in [2.05, 4.69) is 0 Å². The molecule has 20 heavy (non-hydrogen) atoms. The number of aliphatic carboxylic acids is 1. The predicted molar refractivity (Wildman–Crippen MR) is 75.4 cm³/mol. The van der Waals surface area contributed by atoms with Crippen LogP contribution in [0.5, 0.6) is 0 Å². The van der Waals surface area contributed by atoms with Gasteiger partial charge in [-0.3, -0.25) is 9.69 Å². The zero-order valence-electron chi connectivity index (χ0n) is 10.9. The topological polar surface area (TPSA) is 57.6 Å². The number of nitrogens with zero attached hydrogens (tertiary/aromatic N) is 1. The van der Waals surface area contributed by atoms with Gasteiger partial charge in [-0.15, -0.1) is 11.8 Å². The lowest BCUT2D eigenvalue weighted by molar-refractivity contribution is -0.146. The van der Waals surface area contributed by atoms with E-state index >= 15 is 0 Å². The van der Waals surface area contributed by atoms with Crippen molar-refractivity contribution in [3.8, 4) is 0 Å². The Hall–Kier alpha value is -1.82. The normalized spacial score (nSPS) is 16.8. The maximum absolute atomic E-state index is 13.0. The first-order chi connectivity index (χ1) is 9.54. The largest absolute Gasteiger partial charge is 0.480 e. The third-order valence-corrected chi connectivity index (χ3v) is 3.86. The van der Waals surface area contributed by atoms with Crippen LogP contribution in [0.25, 0.3) is 5.70 Å². The molecule has 0 aliphatic carbocycles. The molecule has 1 amide bonds. The van der Waals surface area contributed by atoms with Crippen LogP contribution in [0.2, 0.25) is 0 Å². The van der Waals surface area contributed by atoms with Crippen molar-refractivity contribution in [1.29, 1.82) is 0 Å². The molecule has 0 fully saturated rings. The van der Waals surface area contributed by atoms with E-state index in [0.717, 1.165) is 0 Å². The van der Waals surface area contributed by atoms with Crippen LogP contribution < -0.4 is 0 Å². The fourth-order valence-electron chi connectivity index (χ4n) is 2.09. The molecule has 0 radical (unpaired) electrons. The minimum absolute atomic E-state index is 0.217. The first-order valence-corrected chi connectivity index (χ1v) is 7.22. The van der Waals surface area contributed by atoms with Crippen LogP contribution in [-0.2, 0) is 9.59 Å². The number of hydrogen-bond donors (Lipinski definition) is 1. The molecule has 1 N–H and O–H groups in total. The molecule has 0 saturated heterocycles. The molecule has 1 aliphatic rings. The minimum atomic E-state index is -1.04. The highest BCUT2D eigenvalue weighted by molar-refractivity contribution is 8.03. The summed E-state index contributed by atoms with van der Waals surface area (Å²) in [5.74, 6) is -1.44. The van der Waals surface area contributed by atoms with Crippen LogP contribution in [0.1, 0.15) is 18.9 Å². The van der Waals surface area contributed by atoms with E-state index in [0.29, 0.717) is 17.7 Å². The number of carbonyl (C=O) groups is 2. The van der Waals surface area contributed by atoms with Gasteiger partial charge in [0.05, 0.1) is 11.4 Å². The van der Waals surface area contributed by atoms with E-state index < -0.39 is 12.0 Å². The van der Waals surface area contributed by atoms with E-state index in [-0.39, 0.29) is 17.5 Å². The molecule has 6 heteroatoms. The Morgan fingerprint density at radius 2 is 2.10 bits per heavy atom. The number of amides is 1. The van der Waals surface area contributed by atoms with E-state index in [1.54, 1.807) is 24.5 Å². The standard InChI is InChI=1S/C14H14FNO3S/c1-2-11(14(18)19)16-12(7-20-8-13(16)17)9-3-5-10(15)6-4-9/h3-7,11H,2,8H2,1H3,(H,18,19). The molecule has 1 heterocycles. The molecule has 0 saturated carbocycles. The Labute approximate surface area is 120 Å². The number of benzene rings is 1. The number of halogens is 1. The summed E-state index contributed by atoms with van der Waals surface area (Å²) in [6.45, 7) is 1.72. The smallest absolute Gasteiger partial charge is 0.326 e. The monoisotopic (exact) mass is 295 g/mol. The summed E-state index contributed by atoms with van der Waals surface area (Å²) in [5, 5.41) is 11.0. The van der Waals surface area contributed by atoms with Crippen LogP contribution >= 0.6 is 11.8 Å². The molecule has 0 bridgehead atoms. The summed E-state index contributed by atoms with van der Waals surface area (Å²) in [6, 6.07) is 4.77. The van der Waals surface area contributed by atoms with Gasteiger partial charge in [0.25, 0.3) is 0 Å². The molecule has 1 aliphatic heterocycles. The Morgan fingerprint density at radius 1 is 1.45 bits per heavy atom.